The molecule has 0 unspecified atom stereocenters. The predicted octanol–water partition coefficient (Wildman–Crippen LogP) is 3.24. The van der Waals surface area contributed by atoms with Gasteiger partial charge in [0, 0.05) is 12.6 Å². The fourth-order valence-electron chi connectivity index (χ4n) is 2.29. The van der Waals surface area contributed by atoms with Gasteiger partial charge in [-0.05, 0) is 19.4 Å². The third-order valence-corrected chi connectivity index (χ3v) is 3.60. The smallest absolute Gasteiger partial charge is 0.286 e. The summed E-state index contributed by atoms with van der Waals surface area (Å²) >= 11 is 0. The molecule has 0 aromatic heterocycles. The van der Waals surface area contributed by atoms with E-state index in [1.165, 1.54) is 19.2 Å². The molecule has 2 rings (SSSR count). The van der Waals surface area contributed by atoms with Gasteiger partial charge in [0.1, 0.15) is 5.56 Å². The predicted molar refractivity (Wildman–Crippen MR) is 93.2 cm³/mol. The summed E-state index contributed by atoms with van der Waals surface area (Å²) in [7, 11) is 1.41. The van der Waals surface area contributed by atoms with E-state index >= 15 is 0 Å². The number of nitrogens with zero attached hydrogens (tertiary/aromatic N) is 1. The average Bonchev–Trinajstić information content (AvgIpc) is 2.60. The highest BCUT2D eigenvalue weighted by atomic mass is 16.6. The Morgan fingerprint density at radius 1 is 1.20 bits per heavy atom. The summed E-state index contributed by atoms with van der Waals surface area (Å²) in [4.78, 5) is 23.2. The van der Waals surface area contributed by atoms with E-state index in [0.29, 0.717) is 6.61 Å². The van der Waals surface area contributed by atoms with Crippen LogP contribution in [0.25, 0.3) is 0 Å². The molecule has 0 bridgehead atoms. The van der Waals surface area contributed by atoms with Gasteiger partial charge in [0.05, 0.1) is 24.7 Å². The van der Waals surface area contributed by atoms with Crippen molar-refractivity contribution in [1.29, 1.82) is 0 Å². The van der Waals surface area contributed by atoms with Crippen LogP contribution in [-0.4, -0.2) is 24.5 Å². The highest BCUT2D eigenvalue weighted by molar-refractivity contribution is 5.99. The molecule has 0 atom stereocenters. The molecular weight excluding hydrogens is 324 g/mol. The molecule has 2 aromatic rings. The lowest BCUT2D eigenvalue weighted by atomic mass is 10.1. The van der Waals surface area contributed by atoms with Crippen LogP contribution in [0.1, 0.15) is 28.4 Å². The zero-order valence-electron chi connectivity index (χ0n) is 14.4. The highest BCUT2D eigenvalue weighted by Crippen LogP contribution is 2.34. The topological polar surface area (TPSA) is 90.7 Å². The van der Waals surface area contributed by atoms with Crippen LogP contribution in [0.4, 0.5) is 5.69 Å². The first-order valence-electron chi connectivity index (χ1n) is 7.79. The van der Waals surface area contributed by atoms with Gasteiger partial charge in [-0.3, -0.25) is 14.9 Å². The largest absolute Gasteiger partial charge is 0.493 e. The zero-order valence-corrected chi connectivity index (χ0v) is 14.4. The van der Waals surface area contributed by atoms with Gasteiger partial charge in [-0.2, -0.15) is 0 Å². The van der Waals surface area contributed by atoms with Crippen molar-refractivity contribution < 1.29 is 19.2 Å². The number of carbonyl (C=O) groups is 1. The molecular formula is C18H20N2O5. The Labute approximate surface area is 145 Å². The number of amides is 1. The Morgan fingerprint density at radius 2 is 1.88 bits per heavy atom. The van der Waals surface area contributed by atoms with Crippen molar-refractivity contribution in [1.82, 2.24) is 5.32 Å². The van der Waals surface area contributed by atoms with Gasteiger partial charge in [0.15, 0.2) is 11.5 Å². The number of carbonyl (C=O) groups excluding carboxylic acids is 1. The molecule has 0 saturated heterocycles. The summed E-state index contributed by atoms with van der Waals surface area (Å²) in [5, 5.41) is 14.0. The fourth-order valence-corrected chi connectivity index (χ4v) is 2.29. The lowest BCUT2D eigenvalue weighted by molar-refractivity contribution is -0.385. The van der Waals surface area contributed by atoms with E-state index in [0.717, 1.165) is 11.1 Å². The van der Waals surface area contributed by atoms with Gasteiger partial charge in [0.25, 0.3) is 11.6 Å². The van der Waals surface area contributed by atoms with Gasteiger partial charge < -0.3 is 14.8 Å². The van der Waals surface area contributed by atoms with Crippen LogP contribution >= 0.6 is 0 Å². The summed E-state index contributed by atoms with van der Waals surface area (Å²) < 4.78 is 10.5. The minimum Gasteiger partial charge on any atom is -0.493 e. The SMILES string of the molecule is CCOc1cc([N+](=O)[O-])c(C(=O)NCc2ccc(C)cc2)cc1OC. The molecule has 0 fully saturated rings. The molecule has 0 aliphatic heterocycles. The third kappa shape index (κ3) is 4.47. The molecule has 0 heterocycles. The van der Waals surface area contributed by atoms with Crippen LogP contribution in [0.3, 0.4) is 0 Å². The van der Waals surface area contributed by atoms with E-state index in [9.17, 15) is 14.9 Å². The lowest BCUT2D eigenvalue weighted by Crippen LogP contribution is -2.23. The van der Waals surface area contributed by atoms with E-state index in [4.69, 9.17) is 9.47 Å². The van der Waals surface area contributed by atoms with Crippen molar-refractivity contribution in [2.75, 3.05) is 13.7 Å². The maximum atomic E-state index is 12.4. The first-order chi connectivity index (χ1) is 12.0. The Hall–Kier alpha value is -3.09. The normalized spacial score (nSPS) is 10.2. The summed E-state index contributed by atoms with van der Waals surface area (Å²) in [6, 6.07) is 10.2. The summed E-state index contributed by atoms with van der Waals surface area (Å²) in [6.07, 6.45) is 0. The van der Waals surface area contributed by atoms with Gasteiger partial charge in [-0.15, -0.1) is 0 Å². The molecule has 0 spiro atoms. The van der Waals surface area contributed by atoms with Crippen molar-refractivity contribution in [2.45, 2.75) is 20.4 Å². The number of benzene rings is 2. The molecule has 0 saturated carbocycles. The third-order valence-electron chi connectivity index (χ3n) is 3.60. The van der Waals surface area contributed by atoms with Crippen LogP contribution in [0.5, 0.6) is 11.5 Å². The Morgan fingerprint density at radius 3 is 2.44 bits per heavy atom. The molecule has 1 amide bonds. The number of nitrogens with one attached hydrogen (secondary N) is 1. The second-order valence-corrected chi connectivity index (χ2v) is 5.38. The van der Waals surface area contributed by atoms with Crippen molar-refractivity contribution in [2.24, 2.45) is 0 Å². The van der Waals surface area contributed by atoms with Crippen molar-refractivity contribution in [3.05, 3.63) is 63.2 Å². The summed E-state index contributed by atoms with van der Waals surface area (Å²) in [6.45, 7) is 4.32. The quantitative estimate of drug-likeness (QED) is 0.615. The second kappa shape index (κ2) is 8.14. The van der Waals surface area contributed by atoms with Crippen LogP contribution in [0.2, 0.25) is 0 Å². The Balaban J connectivity index is 2.27. The maximum Gasteiger partial charge on any atom is 0.286 e. The minimum atomic E-state index is -0.608. The molecule has 132 valence electrons. The van der Waals surface area contributed by atoms with E-state index < -0.39 is 10.8 Å². The second-order valence-electron chi connectivity index (χ2n) is 5.38. The number of rotatable bonds is 7. The molecule has 25 heavy (non-hydrogen) atoms. The van der Waals surface area contributed by atoms with Crippen LogP contribution in [0, 0.1) is 17.0 Å². The summed E-state index contributed by atoms with van der Waals surface area (Å²) in [5.41, 5.74) is 1.62. The molecule has 0 aliphatic rings. The minimum absolute atomic E-state index is 0.0718. The number of aryl methyl sites for hydroxylation is 1. The molecule has 2 aromatic carbocycles. The van der Waals surface area contributed by atoms with Gasteiger partial charge >= 0.3 is 0 Å². The molecule has 7 heteroatoms. The standard InChI is InChI=1S/C18H20N2O5/c1-4-25-17-10-15(20(22)23)14(9-16(17)24-3)18(21)19-11-13-7-5-12(2)6-8-13/h5-10H,4,11H2,1-3H3,(H,19,21). The van der Waals surface area contributed by atoms with Crippen LogP contribution in [0.15, 0.2) is 36.4 Å². The maximum absolute atomic E-state index is 12.4. The average molecular weight is 344 g/mol. The van der Waals surface area contributed by atoms with Crippen molar-refractivity contribution in [3.8, 4) is 11.5 Å². The van der Waals surface area contributed by atoms with E-state index in [1.807, 2.05) is 31.2 Å². The van der Waals surface area contributed by atoms with Gasteiger partial charge in [-0.1, -0.05) is 29.8 Å². The first-order valence-corrected chi connectivity index (χ1v) is 7.79. The monoisotopic (exact) mass is 344 g/mol. The Bertz CT molecular complexity index is 772. The van der Waals surface area contributed by atoms with Crippen molar-refractivity contribution >= 4 is 11.6 Å². The molecule has 1 N–H and O–H groups in total. The van der Waals surface area contributed by atoms with E-state index in [1.54, 1.807) is 6.92 Å². The number of hydrogen-bond donors (Lipinski definition) is 1. The highest BCUT2D eigenvalue weighted by Gasteiger charge is 2.24. The van der Waals surface area contributed by atoms with Crippen LogP contribution in [-0.2, 0) is 6.54 Å². The number of hydrogen-bond acceptors (Lipinski definition) is 5. The van der Waals surface area contributed by atoms with Gasteiger partial charge in [-0.25, -0.2) is 0 Å². The zero-order chi connectivity index (χ0) is 18.4. The molecule has 7 nitrogen and oxygen atoms in total. The van der Waals surface area contributed by atoms with Crippen LogP contribution < -0.4 is 14.8 Å². The first kappa shape index (κ1) is 18.3. The Kier molecular flexibility index (Phi) is 5.94. The lowest BCUT2D eigenvalue weighted by Gasteiger charge is -2.12. The number of methoxy groups -OCH3 is 1. The number of nitro benzene ring substituents is 1. The van der Waals surface area contributed by atoms with E-state index in [2.05, 4.69) is 5.32 Å². The van der Waals surface area contributed by atoms with Gasteiger partial charge in [0.2, 0.25) is 0 Å². The van der Waals surface area contributed by atoms with Crippen molar-refractivity contribution in [3.63, 3.8) is 0 Å². The number of nitro groups is 1. The summed E-state index contributed by atoms with van der Waals surface area (Å²) in [5.74, 6) is -0.0478. The number of ether oxygens (including phenoxy) is 2. The molecule has 0 radical (unpaired) electrons. The van der Waals surface area contributed by atoms with E-state index in [-0.39, 0.29) is 29.3 Å². The fraction of sp³-hybridized carbons (Fsp3) is 0.278. The molecule has 0 aliphatic carbocycles.